The van der Waals surface area contributed by atoms with Gasteiger partial charge in [-0.3, -0.25) is 13.9 Å². The molecule has 0 radical (unpaired) electrons. The Hall–Kier alpha value is -4.71. The van der Waals surface area contributed by atoms with Crippen molar-refractivity contribution in [3.8, 4) is 5.88 Å². The second kappa shape index (κ2) is 11.0. The molecule has 12 heteroatoms. The summed E-state index contributed by atoms with van der Waals surface area (Å²) >= 11 is 0. The van der Waals surface area contributed by atoms with Gasteiger partial charge in [-0.2, -0.15) is 0 Å². The first-order valence-corrected chi connectivity index (χ1v) is 14.3. The SMILES string of the molecule is CC(C)(C(N)=O)N(c1ccc(N=C(c2cccc(CCC(=O)O)c2)c2c(O)[nH]c3cc(F)ccc23)cc1)S(C)(=O)=O. The number of amides is 1. The van der Waals surface area contributed by atoms with Crippen LogP contribution in [0.2, 0.25) is 0 Å². The van der Waals surface area contributed by atoms with Gasteiger partial charge in [-0.25, -0.2) is 17.8 Å². The minimum atomic E-state index is -3.90. The van der Waals surface area contributed by atoms with Gasteiger partial charge in [0.25, 0.3) is 0 Å². The molecular formula is C29H29FN4O6S. The second-order valence-corrected chi connectivity index (χ2v) is 11.9. The first-order chi connectivity index (χ1) is 19.2. The van der Waals surface area contributed by atoms with Gasteiger partial charge < -0.3 is 20.9 Å². The number of aromatic hydroxyl groups is 1. The van der Waals surface area contributed by atoms with Crippen LogP contribution < -0.4 is 10.0 Å². The van der Waals surface area contributed by atoms with E-state index in [1.54, 1.807) is 36.4 Å². The van der Waals surface area contributed by atoms with E-state index in [9.17, 15) is 27.5 Å². The molecular weight excluding hydrogens is 551 g/mol. The standard InChI is InChI=1S/C29H29FN4O6S/c1-29(2,28(31)38)34(41(3,39)40)21-11-9-20(10-12-21)32-26(18-6-4-5-17(15-18)7-14-24(35)36)25-22-13-8-19(30)16-23(22)33-27(25)37/h4-6,8-13,15-16,33,37H,7,14H2,1-3H3,(H2,31,38)(H,35,36). The number of sulfonamides is 1. The number of nitrogens with one attached hydrogen (secondary N) is 1. The van der Waals surface area contributed by atoms with Gasteiger partial charge in [-0.15, -0.1) is 0 Å². The molecule has 1 heterocycles. The largest absolute Gasteiger partial charge is 0.494 e. The van der Waals surface area contributed by atoms with Crippen molar-refractivity contribution in [2.24, 2.45) is 10.7 Å². The molecule has 0 aliphatic heterocycles. The summed E-state index contributed by atoms with van der Waals surface area (Å²) in [5, 5.41) is 20.5. The molecule has 5 N–H and O–H groups in total. The number of carboxylic acids is 1. The topological polar surface area (TPSA) is 166 Å². The third-order valence-electron chi connectivity index (χ3n) is 6.57. The maximum absolute atomic E-state index is 13.9. The molecule has 214 valence electrons. The Kier molecular flexibility index (Phi) is 7.89. The van der Waals surface area contributed by atoms with Crippen molar-refractivity contribution < 1.29 is 32.6 Å². The number of rotatable bonds is 10. The van der Waals surface area contributed by atoms with Crippen molar-refractivity contribution in [3.63, 3.8) is 0 Å². The molecule has 10 nitrogen and oxygen atoms in total. The van der Waals surface area contributed by atoms with Crippen LogP contribution in [0.15, 0.2) is 71.7 Å². The number of hydrogen-bond acceptors (Lipinski definition) is 6. The Balaban J connectivity index is 1.88. The van der Waals surface area contributed by atoms with Crippen molar-refractivity contribution in [2.75, 3.05) is 10.6 Å². The number of benzene rings is 3. The zero-order valence-corrected chi connectivity index (χ0v) is 23.4. The molecule has 0 bridgehead atoms. The summed E-state index contributed by atoms with van der Waals surface area (Å²) in [5.41, 5.74) is 6.75. The lowest BCUT2D eigenvalue weighted by molar-refractivity contribution is -0.137. The number of carboxylic acid groups (broad SMARTS) is 1. The highest BCUT2D eigenvalue weighted by molar-refractivity contribution is 7.92. The number of aliphatic imine (C=N–C) groups is 1. The highest BCUT2D eigenvalue weighted by Gasteiger charge is 2.39. The number of aliphatic carboxylic acids is 1. The summed E-state index contributed by atoms with van der Waals surface area (Å²) in [6.07, 6.45) is 1.17. The Morgan fingerprint density at radius 1 is 1.07 bits per heavy atom. The normalized spacial score (nSPS) is 12.4. The fourth-order valence-corrected chi connectivity index (χ4v) is 6.03. The van der Waals surface area contributed by atoms with Gasteiger partial charge >= 0.3 is 5.97 Å². The number of anilines is 1. The maximum atomic E-state index is 13.9. The molecule has 0 aliphatic carbocycles. The Morgan fingerprint density at radius 2 is 1.76 bits per heavy atom. The number of aromatic nitrogens is 1. The molecule has 4 rings (SSSR count). The minimum Gasteiger partial charge on any atom is -0.494 e. The van der Waals surface area contributed by atoms with Gasteiger partial charge in [0, 0.05) is 17.4 Å². The highest BCUT2D eigenvalue weighted by Crippen LogP contribution is 2.34. The Labute approximate surface area is 236 Å². The van der Waals surface area contributed by atoms with Crippen LogP contribution in [0.25, 0.3) is 10.9 Å². The van der Waals surface area contributed by atoms with Crippen LogP contribution in [0, 0.1) is 5.82 Å². The minimum absolute atomic E-state index is 0.0759. The third kappa shape index (κ3) is 6.22. The van der Waals surface area contributed by atoms with Crippen molar-refractivity contribution >= 4 is 49.9 Å². The monoisotopic (exact) mass is 580 g/mol. The summed E-state index contributed by atoms with van der Waals surface area (Å²) in [5.74, 6) is -2.52. The van der Waals surface area contributed by atoms with Crippen molar-refractivity contribution in [2.45, 2.75) is 32.2 Å². The summed E-state index contributed by atoms with van der Waals surface area (Å²) in [6.45, 7) is 2.81. The van der Waals surface area contributed by atoms with E-state index in [1.165, 1.54) is 44.2 Å². The summed E-state index contributed by atoms with van der Waals surface area (Å²) < 4.78 is 40.0. The van der Waals surface area contributed by atoms with Gasteiger partial charge in [0.1, 0.15) is 11.4 Å². The van der Waals surface area contributed by atoms with E-state index >= 15 is 0 Å². The zero-order valence-electron chi connectivity index (χ0n) is 22.6. The number of nitrogens with two attached hydrogens (primary N) is 1. The van der Waals surface area contributed by atoms with Crippen LogP contribution in [-0.2, 0) is 26.0 Å². The number of H-pyrrole nitrogens is 1. The van der Waals surface area contributed by atoms with E-state index in [4.69, 9.17) is 15.8 Å². The van der Waals surface area contributed by atoms with Crippen LogP contribution in [0.3, 0.4) is 0 Å². The molecule has 41 heavy (non-hydrogen) atoms. The molecule has 0 saturated heterocycles. The Morgan fingerprint density at radius 3 is 2.37 bits per heavy atom. The lowest BCUT2D eigenvalue weighted by atomic mass is 9.97. The average molecular weight is 581 g/mol. The van der Waals surface area contributed by atoms with E-state index in [-0.39, 0.29) is 24.4 Å². The summed E-state index contributed by atoms with van der Waals surface area (Å²) in [7, 11) is -3.90. The number of nitrogens with zero attached hydrogens (tertiary/aromatic N) is 2. The predicted octanol–water partition coefficient (Wildman–Crippen LogP) is 4.23. The number of aryl methyl sites for hydroxylation is 1. The molecule has 0 unspecified atom stereocenters. The second-order valence-electron chi connectivity index (χ2n) is 10.1. The van der Waals surface area contributed by atoms with E-state index in [2.05, 4.69) is 4.98 Å². The van der Waals surface area contributed by atoms with Crippen LogP contribution in [0.1, 0.15) is 37.0 Å². The first kappa shape index (κ1) is 29.3. The number of aromatic amines is 1. The molecule has 3 aromatic carbocycles. The molecule has 1 amide bonds. The average Bonchev–Trinajstić information content (AvgIpc) is 3.20. The van der Waals surface area contributed by atoms with E-state index in [0.29, 0.717) is 33.4 Å². The Bertz CT molecular complexity index is 1780. The fourth-order valence-electron chi connectivity index (χ4n) is 4.61. The van der Waals surface area contributed by atoms with E-state index in [1.807, 2.05) is 0 Å². The molecule has 0 spiro atoms. The highest BCUT2D eigenvalue weighted by atomic mass is 32.2. The fraction of sp³-hybridized carbons (Fsp3) is 0.207. The number of halogens is 1. The van der Waals surface area contributed by atoms with Gasteiger partial charge in [-0.1, -0.05) is 18.2 Å². The number of carbonyl (C=O) groups is 2. The number of primary amides is 1. The van der Waals surface area contributed by atoms with Gasteiger partial charge in [0.05, 0.1) is 34.4 Å². The summed E-state index contributed by atoms with van der Waals surface area (Å²) in [4.78, 5) is 30.7. The summed E-state index contributed by atoms with van der Waals surface area (Å²) in [6, 6.07) is 17.1. The number of carbonyl (C=O) groups excluding carboxylic acids is 1. The van der Waals surface area contributed by atoms with Gasteiger partial charge in [0.2, 0.25) is 15.9 Å². The molecule has 0 aliphatic rings. The first-order valence-electron chi connectivity index (χ1n) is 12.5. The molecule has 0 atom stereocenters. The van der Waals surface area contributed by atoms with Gasteiger partial charge in [0.15, 0.2) is 5.88 Å². The maximum Gasteiger partial charge on any atom is 0.303 e. The van der Waals surface area contributed by atoms with Crippen molar-refractivity contribution in [1.82, 2.24) is 4.98 Å². The lowest BCUT2D eigenvalue weighted by Crippen LogP contribution is -2.55. The molecule has 0 fully saturated rings. The van der Waals surface area contributed by atoms with Crippen molar-refractivity contribution in [1.29, 1.82) is 0 Å². The number of hydrogen-bond donors (Lipinski definition) is 4. The molecule has 0 saturated carbocycles. The lowest BCUT2D eigenvalue weighted by Gasteiger charge is -2.35. The van der Waals surface area contributed by atoms with E-state index in [0.717, 1.165) is 16.1 Å². The predicted molar refractivity (Wildman–Crippen MR) is 155 cm³/mol. The van der Waals surface area contributed by atoms with Crippen LogP contribution in [0.5, 0.6) is 5.88 Å². The smallest absolute Gasteiger partial charge is 0.303 e. The quantitative estimate of drug-likeness (QED) is 0.205. The molecule has 1 aromatic heterocycles. The molecule has 4 aromatic rings. The van der Waals surface area contributed by atoms with Gasteiger partial charge in [-0.05, 0) is 74.4 Å². The third-order valence-corrected chi connectivity index (χ3v) is 7.90. The van der Waals surface area contributed by atoms with Crippen molar-refractivity contribution in [3.05, 3.63) is 89.2 Å². The van der Waals surface area contributed by atoms with Crippen LogP contribution in [0.4, 0.5) is 15.8 Å². The van der Waals surface area contributed by atoms with Crippen LogP contribution >= 0.6 is 0 Å². The zero-order chi connectivity index (χ0) is 30.1. The van der Waals surface area contributed by atoms with Crippen LogP contribution in [-0.4, -0.2) is 53.0 Å². The number of fused-ring (bicyclic) bond motifs is 1. The van der Waals surface area contributed by atoms with E-state index < -0.39 is 33.3 Å².